The fourth-order valence-corrected chi connectivity index (χ4v) is 2.10. The molecule has 1 amide bonds. The molecule has 4 nitrogen and oxygen atoms in total. The van der Waals surface area contributed by atoms with Gasteiger partial charge in [0.25, 0.3) is 0 Å². The topological polar surface area (TPSA) is 46.9 Å². The number of halogens is 5. The second-order valence-electron chi connectivity index (χ2n) is 4.50. The number of nitrogens with zero attached hydrogens (tertiary/aromatic N) is 2. The van der Waals surface area contributed by atoms with Gasteiger partial charge in [-0.1, -0.05) is 23.2 Å². The van der Waals surface area contributed by atoms with Crippen LogP contribution in [0.3, 0.4) is 0 Å². The Morgan fingerprint density at radius 2 is 1.95 bits per heavy atom. The first-order chi connectivity index (χ1) is 10.2. The van der Waals surface area contributed by atoms with Gasteiger partial charge in [-0.15, -0.1) is 0 Å². The first-order valence-electron chi connectivity index (χ1n) is 6.03. The van der Waals surface area contributed by atoms with Gasteiger partial charge in [-0.25, -0.2) is 0 Å². The number of rotatable bonds is 3. The highest BCUT2D eigenvalue weighted by Gasteiger charge is 2.35. The van der Waals surface area contributed by atoms with Crippen LogP contribution < -0.4 is 5.32 Å². The highest BCUT2D eigenvalue weighted by Crippen LogP contribution is 2.30. The summed E-state index contributed by atoms with van der Waals surface area (Å²) < 4.78 is 39.0. The molecule has 0 aliphatic heterocycles. The van der Waals surface area contributed by atoms with E-state index in [9.17, 15) is 18.0 Å². The van der Waals surface area contributed by atoms with Crippen molar-refractivity contribution in [2.45, 2.75) is 19.6 Å². The second-order valence-corrected chi connectivity index (χ2v) is 5.32. The summed E-state index contributed by atoms with van der Waals surface area (Å²) in [5.74, 6) is -0.660. The lowest BCUT2D eigenvalue weighted by Crippen LogP contribution is -2.23. The molecule has 22 heavy (non-hydrogen) atoms. The van der Waals surface area contributed by atoms with Gasteiger partial charge in [0.1, 0.15) is 12.2 Å². The molecule has 118 valence electrons. The van der Waals surface area contributed by atoms with Gasteiger partial charge < -0.3 is 5.32 Å². The number of carbonyl (C=O) groups excluding carboxylic acids is 1. The maximum atomic E-state index is 12.8. The molecule has 2 aromatic rings. The molecule has 9 heteroatoms. The zero-order valence-electron chi connectivity index (χ0n) is 11.2. The lowest BCUT2D eigenvalue weighted by atomic mass is 10.3. The van der Waals surface area contributed by atoms with E-state index in [2.05, 4.69) is 10.4 Å². The minimum Gasteiger partial charge on any atom is -0.324 e. The van der Waals surface area contributed by atoms with Gasteiger partial charge >= 0.3 is 6.18 Å². The molecule has 0 unspecified atom stereocenters. The zero-order chi connectivity index (χ0) is 16.5. The Bertz CT molecular complexity index is 713. The number of benzene rings is 1. The van der Waals surface area contributed by atoms with Crippen LogP contribution in [0, 0.1) is 6.92 Å². The Labute approximate surface area is 133 Å². The number of hydrogen-bond donors (Lipinski definition) is 1. The third-order valence-electron chi connectivity index (χ3n) is 2.69. The van der Waals surface area contributed by atoms with Crippen LogP contribution in [0.4, 0.5) is 18.9 Å². The first-order valence-corrected chi connectivity index (χ1v) is 6.79. The van der Waals surface area contributed by atoms with E-state index in [-0.39, 0.29) is 10.7 Å². The van der Waals surface area contributed by atoms with Crippen LogP contribution in [-0.2, 0) is 17.5 Å². The Hall–Kier alpha value is -1.73. The van der Waals surface area contributed by atoms with Crippen molar-refractivity contribution in [3.05, 3.63) is 45.7 Å². The van der Waals surface area contributed by atoms with Crippen molar-refractivity contribution in [3.63, 3.8) is 0 Å². The highest BCUT2D eigenvalue weighted by atomic mass is 35.5. The fraction of sp³-hybridized carbons (Fsp3) is 0.231. The van der Waals surface area contributed by atoms with Gasteiger partial charge in [0.2, 0.25) is 5.91 Å². The van der Waals surface area contributed by atoms with E-state index in [1.54, 1.807) is 0 Å². The van der Waals surface area contributed by atoms with Gasteiger partial charge in [0.05, 0.1) is 15.7 Å². The summed E-state index contributed by atoms with van der Waals surface area (Å²) in [6.45, 7) is 0.853. The van der Waals surface area contributed by atoms with Crippen molar-refractivity contribution >= 4 is 34.8 Å². The van der Waals surface area contributed by atoms with Gasteiger partial charge in [0.15, 0.2) is 0 Å². The molecule has 0 bridgehead atoms. The van der Waals surface area contributed by atoms with Crippen LogP contribution in [-0.4, -0.2) is 15.7 Å². The summed E-state index contributed by atoms with van der Waals surface area (Å²) in [5.41, 5.74) is -0.471. The summed E-state index contributed by atoms with van der Waals surface area (Å²) in [7, 11) is 0. The second kappa shape index (κ2) is 6.18. The van der Waals surface area contributed by atoms with Crippen LogP contribution >= 0.6 is 23.2 Å². The number of nitrogens with one attached hydrogen (secondary N) is 1. The number of carbonyl (C=O) groups is 1. The number of anilines is 1. The van der Waals surface area contributed by atoms with Crippen molar-refractivity contribution in [3.8, 4) is 0 Å². The lowest BCUT2D eigenvalue weighted by molar-refractivity contribution is -0.144. The molecule has 0 aliphatic carbocycles. The van der Waals surface area contributed by atoms with Crippen LogP contribution in [0.1, 0.15) is 11.4 Å². The molecule has 0 fully saturated rings. The maximum absolute atomic E-state index is 12.8. The predicted octanol–water partition coefficient (Wildman–Crippen LogP) is 4.16. The van der Waals surface area contributed by atoms with E-state index in [0.29, 0.717) is 15.4 Å². The summed E-state index contributed by atoms with van der Waals surface area (Å²) in [5, 5.41) is 6.65. The van der Waals surface area contributed by atoms with E-state index in [4.69, 9.17) is 23.2 Å². The SMILES string of the molecule is Cc1cc(C(F)(F)F)n(CC(=O)Nc2ccc(Cl)c(Cl)c2)n1. The minimum absolute atomic E-state index is 0.176. The number of amides is 1. The van der Waals surface area contributed by atoms with Gasteiger partial charge in [-0.3, -0.25) is 9.48 Å². The molecule has 0 saturated carbocycles. The summed E-state index contributed by atoms with van der Waals surface area (Å²) in [4.78, 5) is 11.9. The molecule has 0 spiro atoms. The molecule has 1 aromatic heterocycles. The average molecular weight is 352 g/mol. The van der Waals surface area contributed by atoms with Crippen molar-refractivity contribution in [2.24, 2.45) is 0 Å². The van der Waals surface area contributed by atoms with Crippen molar-refractivity contribution in [1.82, 2.24) is 9.78 Å². The number of hydrogen-bond acceptors (Lipinski definition) is 2. The van der Waals surface area contributed by atoms with E-state index < -0.39 is 24.3 Å². The zero-order valence-corrected chi connectivity index (χ0v) is 12.7. The number of alkyl halides is 3. The molecule has 0 atom stereocenters. The number of aromatic nitrogens is 2. The molecule has 0 aliphatic rings. The van der Waals surface area contributed by atoms with Gasteiger partial charge in [-0.05, 0) is 31.2 Å². The third-order valence-corrected chi connectivity index (χ3v) is 3.43. The molecule has 0 saturated heterocycles. The summed E-state index contributed by atoms with van der Waals surface area (Å²) in [6, 6.07) is 5.25. The fourth-order valence-electron chi connectivity index (χ4n) is 1.80. The Morgan fingerprint density at radius 1 is 1.27 bits per heavy atom. The predicted molar refractivity (Wildman–Crippen MR) is 77.1 cm³/mol. The lowest BCUT2D eigenvalue weighted by Gasteiger charge is -2.11. The van der Waals surface area contributed by atoms with E-state index >= 15 is 0 Å². The highest BCUT2D eigenvalue weighted by molar-refractivity contribution is 6.42. The van der Waals surface area contributed by atoms with Crippen LogP contribution in [0.15, 0.2) is 24.3 Å². The van der Waals surface area contributed by atoms with E-state index in [1.807, 2.05) is 0 Å². The molecule has 1 heterocycles. The molecule has 1 aromatic carbocycles. The monoisotopic (exact) mass is 351 g/mol. The maximum Gasteiger partial charge on any atom is 0.433 e. The summed E-state index contributed by atoms with van der Waals surface area (Å²) >= 11 is 11.5. The molecule has 0 radical (unpaired) electrons. The van der Waals surface area contributed by atoms with E-state index in [1.165, 1.54) is 25.1 Å². The van der Waals surface area contributed by atoms with Crippen LogP contribution in [0.2, 0.25) is 10.0 Å². The van der Waals surface area contributed by atoms with Crippen molar-refractivity contribution in [1.29, 1.82) is 0 Å². The molecular weight excluding hydrogens is 342 g/mol. The number of aryl methyl sites for hydroxylation is 1. The molecule has 2 rings (SSSR count). The van der Waals surface area contributed by atoms with E-state index in [0.717, 1.165) is 6.07 Å². The Morgan fingerprint density at radius 3 is 2.55 bits per heavy atom. The van der Waals surface area contributed by atoms with Crippen LogP contribution in [0.25, 0.3) is 0 Å². The quantitative estimate of drug-likeness (QED) is 0.902. The smallest absolute Gasteiger partial charge is 0.324 e. The Kier molecular flexibility index (Phi) is 4.67. The van der Waals surface area contributed by atoms with Crippen molar-refractivity contribution < 1.29 is 18.0 Å². The van der Waals surface area contributed by atoms with Gasteiger partial charge in [-0.2, -0.15) is 18.3 Å². The largest absolute Gasteiger partial charge is 0.433 e. The summed E-state index contributed by atoms with van der Waals surface area (Å²) in [6.07, 6.45) is -4.58. The normalized spacial score (nSPS) is 11.5. The first kappa shape index (κ1) is 16.6. The standard InChI is InChI=1S/C13H10Cl2F3N3O/c1-7-4-11(13(16,17)18)21(20-7)6-12(22)19-8-2-3-9(14)10(15)5-8/h2-5H,6H2,1H3,(H,19,22). The molecule has 1 N–H and O–H groups in total. The van der Waals surface area contributed by atoms with Gasteiger partial charge in [0, 0.05) is 5.69 Å². The Balaban J connectivity index is 2.14. The third kappa shape index (κ3) is 3.92. The average Bonchev–Trinajstić information content (AvgIpc) is 2.74. The molecular formula is C13H10Cl2F3N3O. The minimum atomic E-state index is -4.58. The van der Waals surface area contributed by atoms with Crippen molar-refractivity contribution in [2.75, 3.05) is 5.32 Å². The van der Waals surface area contributed by atoms with Crippen LogP contribution in [0.5, 0.6) is 0 Å².